The molecule has 0 radical (unpaired) electrons. The Morgan fingerprint density at radius 2 is 1.75 bits per heavy atom. The van der Waals surface area contributed by atoms with E-state index in [0.717, 1.165) is 38.3 Å². The minimum atomic E-state index is -3.52. The van der Waals surface area contributed by atoms with Crippen molar-refractivity contribution >= 4 is 44.6 Å². The normalized spacial score (nSPS) is 11.8. The van der Waals surface area contributed by atoms with Gasteiger partial charge in [0.15, 0.2) is 15.7 Å². The zero-order valence-electron chi connectivity index (χ0n) is 24.2. The molecule has 0 amide bonds. The number of benzene rings is 2. The van der Waals surface area contributed by atoms with Crippen molar-refractivity contribution in [2.45, 2.75) is 44.3 Å². The summed E-state index contributed by atoms with van der Waals surface area (Å²) in [5, 5.41) is 6.00. The molecule has 0 aliphatic rings. The highest BCUT2D eigenvalue weighted by Gasteiger charge is 2.23. The highest BCUT2D eigenvalue weighted by atomic mass is 35.5. The van der Waals surface area contributed by atoms with Crippen LogP contribution >= 0.6 is 11.6 Å². The summed E-state index contributed by atoms with van der Waals surface area (Å²) in [6, 6.07) is 12.8. The molecule has 0 saturated carbocycles. The first-order valence-corrected chi connectivity index (χ1v) is 15.5. The molecule has 3 rings (SSSR count). The summed E-state index contributed by atoms with van der Waals surface area (Å²) >= 11 is 6.40. The predicted molar refractivity (Wildman–Crippen MR) is 164 cm³/mol. The first-order valence-electron chi connectivity index (χ1n) is 13.6. The monoisotopic (exact) mass is 588 g/mol. The van der Waals surface area contributed by atoms with Gasteiger partial charge >= 0.3 is 0 Å². The van der Waals surface area contributed by atoms with Gasteiger partial charge in [-0.15, -0.1) is 0 Å². The lowest BCUT2D eigenvalue weighted by Gasteiger charge is -2.22. The van der Waals surface area contributed by atoms with Crippen molar-refractivity contribution in [1.82, 2.24) is 19.8 Å². The number of likely N-dealkylation sites (N-methyl/N-ethyl adjacent to an activating group) is 2. The van der Waals surface area contributed by atoms with Gasteiger partial charge in [0.1, 0.15) is 10.8 Å². The molecule has 1 aromatic heterocycles. The van der Waals surface area contributed by atoms with E-state index in [0.29, 0.717) is 24.0 Å². The summed E-state index contributed by atoms with van der Waals surface area (Å²) in [4.78, 5) is 13.7. The number of aromatic nitrogens is 2. The van der Waals surface area contributed by atoms with E-state index in [-0.39, 0.29) is 15.7 Å². The topological polar surface area (TPSA) is 99.7 Å². The van der Waals surface area contributed by atoms with E-state index in [1.807, 2.05) is 19.1 Å². The van der Waals surface area contributed by atoms with Crippen molar-refractivity contribution < 1.29 is 13.2 Å². The molecule has 11 heteroatoms. The van der Waals surface area contributed by atoms with Gasteiger partial charge in [-0.2, -0.15) is 4.98 Å². The van der Waals surface area contributed by atoms with Crippen LogP contribution in [-0.4, -0.2) is 80.3 Å². The van der Waals surface area contributed by atoms with Gasteiger partial charge in [-0.1, -0.05) is 36.7 Å². The quantitative estimate of drug-likeness (QED) is 0.234. The van der Waals surface area contributed by atoms with E-state index in [9.17, 15) is 8.42 Å². The molecule has 0 saturated heterocycles. The van der Waals surface area contributed by atoms with Crippen molar-refractivity contribution in [1.29, 1.82) is 0 Å². The molecule has 0 fully saturated rings. The minimum Gasteiger partial charge on any atom is -0.492 e. The Kier molecular flexibility index (Phi) is 11.6. The summed E-state index contributed by atoms with van der Waals surface area (Å²) in [7, 11) is 0.661. The maximum atomic E-state index is 12.9. The van der Waals surface area contributed by atoms with Crippen LogP contribution in [0.5, 0.6) is 5.75 Å². The fourth-order valence-electron chi connectivity index (χ4n) is 3.99. The summed E-state index contributed by atoms with van der Waals surface area (Å²) in [6.45, 7) is 12.0. The summed E-state index contributed by atoms with van der Waals surface area (Å²) in [6.07, 6.45) is 2.38. The number of para-hydroxylation sites is 1. The van der Waals surface area contributed by atoms with Crippen LogP contribution in [0.3, 0.4) is 0 Å². The molecular weight excluding hydrogens is 548 g/mol. The van der Waals surface area contributed by atoms with E-state index >= 15 is 0 Å². The highest BCUT2D eigenvalue weighted by Crippen LogP contribution is 2.32. The van der Waals surface area contributed by atoms with Gasteiger partial charge in [0.05, 0.1) is 34.3 Å². The van der Waals surface area contributed by atoms with E-state index < -0.39 is 15.1 Å². The minimum absolute atomic E-state index is 0.187. The van der Waals surface area contributed by atoms with Crippen molar-refractivity contribution in [3.05, 3.63) is 59.2 Å². The zero-order valence-corrected chi connectivity index (χ0v) is 25.8. The average Bonchev–Trinajstić information content (AvgIpc) is 2.92. The van der Waals surface area contributed by atoms with Crippen molar-refractivity contribution in [3.63, 3.8) is 0 Å². The van der Waals surface area contributed by atoms with Crippen LogP contribution < -0.4 is 15.4 Å². The summed E-state index contributed by atoms with van der Waals surface area (Å²) in [5.41, 5.74) is 2.30. The number of rotatable bonds is 15. The van der Waals surface area contributed by atoms with Crippen LogP contribution in [0.25, 0.3) is 0 Å². The number of halogens is 1. The second-order valence-corrected chi connectivity index (χ2v) is 12.9. The van der Waals surface area contributed by atoms with Crippen LogP contribution in [0.15, 0.2) is 53.6 Å². The lowest BCUT2D eigenvalue weighted by atomic mass is 10.1. The highest BCUT2D eigenvalue weighted by molar-refractivity contribution is 7.92. The van der Waals surface area contributed by atoms with Crippen LogP contribution in [0.4, 0.5) is 23.1 Å². The molecule has 0 atom stereocenters. The molecule has 0 unspecified atom stereocenters. The number of nitrogens with zero attached hydrogens (tertiary/aromatic N) is 4. The smallest absolute Gasteiger partial charge is 0.229 e. The summed E-state index contributed by atoms with van der Waals surface area (Å²) < 4.78 is 31.7. The molecule has 0 aliphatic heterocycles. The summed E-state index contributed by atoms with van der Waals surface area (Å²) in [5.74, 6) is 1.29. The van der Waals surface area contributed by atoms with E-state index in [2.05, 4.69) is 57.5 Å². The number of nitrogens with one attached hydrogen (secondary N) is 2. The maximum Gasteiger partial charge on any atom is 0.229 e. The van der Waals surface area contributed by atoms with Crippen molar-refractivity contribution in [3.8, 4) is 5.75 Å². The molecule has 40 heavy (non-hydrogen) atoms. The Morgan fingerprint density at radius 3 is 2.42 bits per heavy atom. The average molecular weight is 589 g/mol. The number of hydrogen-bond donors (Lipinski definition) is 2. The SMILES string of the molecule is CCOc1cc(CCN(CC)CCN(C)C)ccc1Nc1ncc(Cl)c(Nc2ccccc2S(=O)(=O)C(C)C)n1. The van der Waals surface area contributed by atoms with Gasteiger partial charge in [-0.25, -0.2) is 13.4 Å². The fraction of sp³-hybridized carbons (Fsp3) is 0.448. The van der Waals surface area contributed by atoms with Crippen LogP contribution in [0.2, 0.25) is 5.02 Å². The number of ether oxygens (including phenoxy) is 1. The predicted octanol–water partition coefficient (Wildman–Crippen LogP) is 5.62. The Balaban J connectivity index is 1.80. The van der Waals surface area contributed by atoms with Crippen LogP contribution in [0, 0.1) is 0 Å². The fourth-order valence-corrected chi connectivity index (χ4v) is 5.33. The molecule has 0 bridgehead atoms. The van der Waals surface area contributed by atoms with Crippen molar-refractivity contribution in [2.75, 3.05) is 57.5 Å². The van der Waals surface area contributed by atoms with Gasteiger partial charge in [0.25, 0.3) is 0 Å². The largest absolute Gasteiger partial charge is 0.492 e. The molecule has 1 heterocycles. The van der Waals surface area contributed by atoms with E-state index in [1.165, 1.54) is 11.8 Å². The molecule has 3 aromatic rings. The molecule has 218 valence electrons. The second-order valence-electron chi connectivity index (χ2n) is 9.98. The third kappa shape index (κ3) is 8.54. The Morgan fingerprint density at radius 1 is 1.00 bits per heavy atom. The first-order chi connectivity index (χ1) is 19.0. The Labute approximate surface area is 243 Å². The second kappa shape index (κ2) is 14.6. The van der Waals surface area contributed by atoms with Gasteiger partial charge in [-0.3, -0.25) is 0 Å². The lowest BCUT2D eigenvalue weighted by molar-refractivity contribution is 0.253. The van der Waals surface area contributed by atoms with Gasteiger partial charge < -0.3 is 25.2 Å². The number of anilines is 4. The van der Waals surface area contributed by atoms with Gasteiger partial charge in [0.2, 0.25) is 5.95 Å². The third-order valence-electron chi connectivity index (χ3n) is 6.43. The standard InChI is InChI=1S/C29H41ClN6O3S/c1-7-36(18-17-35(5)6)16-15-22-13-14-24(26(19-22)39-8-2)33-29-31-20-23(30)28(34-29)32-25-11-9-10-12-27(25)40(37,38)21(3)4/h9-14,19-21H,7-8,15-18H2,1-6H3,(H2,31,32,33,34). The van der Waals surface area contributed by atoms with Gasteiger partial charge in [0, 0.05) is 19.6 Å². The third-order valence-corrected chi connectivity index (χ3v) is 8.92. The lowest BCUT2D eigenvalue weighted by Crippen LogP contribution is -2.33. The Bertz CT molecular complexity index is 1370. The number of sulfone groups is 1. The molecular formula is C29H41ClN6O3S. The molecule has 0 aliphatic carbocycles. The Hall–Kier alpha value is -2.92. The molecule has 9 nitrogen and oxygen atoms in total. The van der Waals surface area contributed by atoms with E-state index in [1.54, 1.807) is 38.1 Å². The zero-order chi connectivity index (χ0) is 29.3. The van der Waals surface area contributed by atoms with Gasteiger partial charge in [-0.05, 0) is 77.7 Å². The molecule has 2 N–H and O–H groups in total. The number of hydrogen-bond acceptors (Lipinski definition) is 9. The first kappa shape index (κ1) is 31.6. The van der Waals surface area contributed by atoms with Crippen LogP contribution in [0.1, 0.15) is 33.3 Å². The molecule has 0 spiro atoms. The van der Waals surface area contributed by atoms with E-state index in [4.69, 9.17) is 16.3 Å². The van der Waals surface area contributed by atoms with Crippen molar-refractivity contribution in [2.24, 2.45) is 0 Å². The van der Waals surface area contributed by atoms with Crippen LogP contribution in [-0.2, 0) is 16.3 Å². The molecule has 2 aromatic carbocycles. The maximum absolute atomic E-state index is 12.9.